The zero-order valence-corrected chi connectivity index (χ0v) is 9.48. The molecule has 0 saturated carbocycles. The largest absolute Gasteiger partial charge is 0.200 e. The molecule has 14 heavy (non-hydrogen) atoms. The Morgan fingerprint density at radius 1 is 1.21 bits per heavy atom. The molecule has 0 unspecified atom stereocenters. The number of benzene rings is 1. The van der Waals surface area contributed by atoms with Gasteiger partial charge in [0.05, 0.1) is 5.69 Å². The zero-order valence-electron chi connectivity index (χ0n) is 7.90. The number of aromatic nitrogens is 4. The normalized spacial score (nSPS) is 10.5. The van der Waals surface area contributed by atoms with E-state index < -0.39 is 0 Å². The lowest BCUT2D eigenvalue weighted by molar-refractivity contribution is 0.781. The van der Waals surface area contributed by atoms with Crippen molar-refractivity contribution in [1.29, 1.82) is 0 Å². The highest BCUT2D eigenvalue weighted by molar-refractivity contribution is 9.10. The van der Waals surface area contributed by atoms with Crippen LogP contribution in [0.2, 0.25) is 0 Å². The number of halogens is 1. The van der Waals surface area contributed by atoms with Crippen LogP contribution in [0.5, 0.6) is 0 Å². The van der Waals surface area contributed by atoms with E-state index in [1.165, 1.54) is 0 Å². The van der Waals surface area contributed by atoms with Gasteiger partial charge in [-0.25, -0.2) is 4.68 Å². The maximum atomic E-state index is 3.88. The summed E-state index contributed by atoms with van der Waals surface area (Å²) in [6.07, 6.45) is 1.60. The topological polar surface area (TPSA) is 43.6 Å². The van der Waals surface area contributed by atoms with Crippen molar-refractivity contribution in [2.75, 3.05) is 0 Å². The molecule has 0 bridgehead atoms. The minimum absolute atomic E-state index is 1.04. The summed E-state index contributed by atoms with van der Waals surface area (Å²) in [6, 6.07) is 4.09. The lowest BCUT2D eigenvalue weighted by Gasteiger charge is -2.08. The van der Waals surface area contributed by atoms with Crippen molar-refractivity contribution >= 4 is 15.9 Å². The average molecular weight is 253 g/mol. The molecule has 0 aliphatic carbocycles. The van der Waals surface area contributed by atoms with Crippen LogP contribution in [0.4, 0.5) is 0 Å². The lowest BCUT2D eigenvalue weighted by atomic mass is 10.1. The van der Waals surface area contributed by atoms with Crippen molar-refractivity contribution in [3.63, 3.8) is 0 Å². The van der Waals surface area contributed by atoms with Crippen molar-refractivity contribution in [3.05, 3.63) is 34.1 Å². The van der Waals surface area contributed by atoms with E-state index in [1.54, 1.807) is 11.0 Å². The summed E-state index contributed by atoms with van der Waals surface area (Å²) in [4.78, 5) is 0. The van der Waals surface area contributed by atoms with Crippen molar-refractivity contribution < 1.29 is 0 Å². The minimum atomic E-state index is 1.04. The highest BCUT2D eigenvalue weighted by atomic mass is 79.9. The SMILES string of the molecule is Cc1cc(Br)cc(C)c1-n1cnnn1. The van der Waals surface area contributed by atoms with Crippen LogP contribution >= 0.6 is 15.9 Å². The van der Waals surface area contributed by atoms with E-state index in [-0.39, 0.29) is 0 Å². The van der Waals surface area contributed by atoms with Gasteiger partial charge in [-0.15, -0.1) is 5.10 Å². The fourth-order valence-corrected chi connectivity index (χ4v) is 2.21. The molecule has 5 heteroatoms. The molecule has 0 spiro atoms. The Labute approximate surface area is 90.1 Å². The lowest BCUT2D eigenvalue weighted by Crippen LogP contribution is -2.01. The van der Waals surface area contributed by atoms with E-state index >= 15 is 0 Å². The third-order valence-electron chi connectivity index (χ3n) is 2.03. The smallest absolute Gasteiger partial charge is 0.143 e. The Kier molecular flexibility index (Phi) is 2.33. The molecule has 4 nitrogen and oxygen atoms in total. The summed E-state index contributed by atoms with van der Waals surface area (Å²) < 4.78 is 2.75. The van der Waals surface area contributed by atoms with Crippen LogP contribution in [0.25, 0.3) is 5.69 Å². The molecule has 0 fully saturated rings. The van der Waals surface area contributed by atoms with Gasteiger partial charge in [0.2, 0.25) is 0 Å². The quantitative estimate of drug-likeness (QED) is 0.781. The van der Waals surface area contributed by atoms with Gasteiger partial charge >= 0.3 is 0 Å². The molecule has 0 N–H and O–H groups in total. The van der Waals surface area contributed by atoms with Gasteiger partial charge in [-0.1, -0.05) is 15.9 Å². The Hall–Kier alpha value is -1.23. The number of aryl methyl sites for hydroxylation is 2. The third-order valence-corrected chi connectivity index (χ3v) is 2.49. The van der Waals surface area contributed by atoms with Crippen molar-refractivity contribution in [2.45, 2.75) is 13.8 Å². The molecular formula is C9H9BrN4. The number of hydrogen-bond donors (Lipinski definition) is 0. The Bertz CT molecular complexity index is 427. The first kappa shape index (κ1) is 9.33. The summed E-state index contributed by atoms with van der Waals surface area (Å²) in [5.74, 6) is 0. The maximum absolute atomic E-state index is 3.88. The van der Waals surface area contributed by atoms with E-state index in [0.29, 0.717) is 0 Å². The van der Waals surface area contributed by atoms with Crippen molar-refractivity contribution in [3.8, 4) is 5.69 Å². The van der Waals surface area contributed by atoms with E-state index in [4.69, 9.17) is 0 Å². The van der Waals surface area contributed by atoms with Gasteiger partial charge < -0.3 is 0 Å². The molecule has 1 heterocycles. The second-order valence-electron chi connectivity index (χ2n) is 3.14. The summed E-state index contributed by atoms with van der Waals surface area (Å²) in [5.41, 5.74) is 3.33. The summed E-state index contributed by atoms with van der Waals surface area (Å²) in [7, 11) is 0. The van der Waals surface area contributed by atoms with Crippen LogP contribution in [-0.2, 0) is 0 Å². The fourth-order valence-electron chi connectivity index (χ4n) is 1.53. The molecule has 1 aromatic carbocycles. The van der Waals surface area contributed by atoms with Crippen molar-refractivity contribution in [2.24, 2.45) is 0 Å². The van der Waals surface area contributed by atoms with Gasteiger partial charge in [0.1, 0.15) is 6.33 Å². The second kappa shape index (κ2) is 3.49. The first-order valence-corrected chi connectivity index (χ1v) is 4.98. The summed E-state index contributed by atoms with van der Waals surface area (Å²) in [5, 5.41) is 11.1. The van der Waals surface area contributed by atoms with Crippen LogP contribution in [0.3, 0.4) is 0 Å². The molecule has 0 aliphatic heterocycles. The van der Waals surface area contributed by atoms with Gasteiger partial charge in [-0.2, -0.15) is 0 Å². The molecule has 0 radical (unpaired) electrons. The van der Waals surface area contributed by atoms with Crippen LogP contribution in [-0.4, -0.2) is 20.2 Å². The fraction of sp³-hybridized carbons (Fsp3) is 0.222. The predicted octanol–water partition coefficient (Wildman–Crippen LogP) is 2.04. The molecule has 2 aromatic rings. The second-order valence-corrected chi connectivity index (χ2v) is 4.06. The molecule has 0 saturated heterocycles. The highest BCUT2D eigenvalue weighted by Crippen LogP contribution is 2.22. The van der Waals surface area contributed by atoms with E-state index in [9.17, 15) is 0 Å². The molecule has 0 amide bonds. The van der Waals surface area contributed by atoms with E-state index in [1.807, 2.05) is 26.0 Å². The molecule has 72 valence electrons. The Morgan fingerprint density at radius 2 is 1.86 bits per heavy atom. The maximum Gasteiger partial charge on any atom is 0.143 e. The minimum Gasteiger partial charge on any atom is -0.200 e. The van der Waals surface area contributed by atoms with Gasteiger partial charge in [0.25, 0.3) is 0 Å². The number of tetrazole rings is 1. The van der Waals surface area contributed by atoms with Gasteiger partial charge in [0, 0.05) is 4.47 Å². The predicted molar refractivity (Wildman–Crippen MR) is 56.3 cm³/mol. The standard InChI is InChI=1S/C9H9BrN4/c1-6-3-8(10)4-7(2)9(6)14-5-11-12-13-14/h3-5H,1-2H3. The average Bonchev–Trinajstić information content (AvgIpc) is 2.54. The molecule has 0 atom stereocenters. The first-order chi connectivity index (χ1) is 6.68. The van der Waals surface area contributed by atoms with Crippen LogP contribution < -0.4 is 0 Å². The monoisotopic (exact) mass is 252 g/mol. The van der Waals surface area contributed by atoms with E-state index in [0.717, 1.165) is 21.3 Å². The Balaban J connectivity index is 2.64. The number of rotatable bonds is 1. The van der Waals surface area contributed by atoms with Gasteiger partial charge in [0.15, 0.2) is 0 Å². The number of nitrogens with zero attached hydrogens (tertiary/aromatic N) is 4. The molecule has 0 aliphatic rings. The van der Waals surface area contributed by atoms with Gasteiger partial charge in [-0.3, -0.25) is 0 Å². The molecule has 2 rings (SSSR count). The Morgan fingerprint density at radius 3 is 2.36 bits per heavy atom. The van der Waals surface area contributed by atoms with Crippen molar-refractivity contribution in [1.82, 2.24) is 20.2 Å². The third kappa shape index (κ3) is 1.55. The highest BCUT2D eigenvalue weighted by Gasteiger charge is 2.06. The molecular weight excluding hydrogens is 244 g/mol. The first-order valence-electron chi connectivity index (χ1n) is 4.18. The number of hydrogen-bond acceptors (Lipinski definition) is 3. The van der Waals surface area contributed by atoms with Crippen LogP contribution in [0, 0.1) is 13.8 Å². The summed E-state index contributed by atoms with van der Waals surface area (Å²) in [6.45, 7) is 4.07. The zero-order chi connectivity index (χ0) is 10.1. The van der Waals surface area contributed by atoms with E-state index in [2.05, 4.69) is 31.5 Å². The molecule has 1 aromatic heterocycles. The van der Waals surface area contributed by atoms with Gasteiger partial charge in [-0.05, 0) is 47.5 Å². The van der Waals surface area contributed by atoms with Crippen LogP contribution in [0.15, 0.2) is 22.9 Å². The van der Waals surface area contributed by atoms with Crippen LogP contribution in [0.1, 0.15) is 11.1 Å². The summed E-state index contributed by atoms with van der Waals surface area (Å²) >= 11 is 3.45.